The van der Waals surface area contributed by atoms with Gasteiger partial charge in [0.1, 0.15) is 6.04 Å². The van der Waals surface area contributed by atoms with Gasteiger partial charge in [-0.3, -0.25) is 9.69 Å². The van der Waals surface area contributed by atoms with E-state index in [1.807, 2.05) is 23.1 Å². The molecular formula is C16H20N2OS2. The number of thioether (sulfide) groups is 1. The summed E-state index contributed by atoms with van der Waals surface area (Å²) < 4.78 is 0. The first kappa shape index (κ1) is 14.9. The first-order valence-electron chi connectivity index (χ1n) is 7.40. The number of carbonyl (C=O) groups is 1. The van der Waals surface area contributed by atoms with Crippen molar-refractivity contribution in [3.8, 4) is 0 Å². The van der Waals surface area contributed by atoms with E-state index in [-0.39, 0.29) is 18.0 Å². The van der Waals surface area contributed by atoms with E-state index in [0.29, 0.717) is 11.0 Å². The summed E-state index contributed by atoms with van der Waals surface area (Å²) in [6.07, 6.45) is 5.26. The molecule has 0 unspecified atom stereocenters. The van der Waals surface area contributed by atoms with Gasteiger partial charge in [0.05, 0.1) is 6.04 Å². The molecule has 3 nitrogen and oxygen atoms in total. The van der Waals surface area contributed by atoms with E-state index in [1.54, 1.807) is 11.8 Å². The summed E-state index contributed by atoms with van der Waals surface area (Å²) in [4.78, 5) is 14.6. The summed E-state index contributed by atoms with van der Waals surface area (Å²) >= 11 is 7.22. The van der Waals surface area contributed by atoms with E-state index in [4.69, 9.17) is 12.2 Å². The lowest BCUT2D eigenvalue weighted by atomic mass is 10.0. The molecule has 1 heterocycles. The van der Waals surface area contributed by atoms with E-state index in [9.17, 15) is 4.79 Å². The fourth-order valence-corrected chi connectivity index (χ4v) is 3.75. The molecule has 112 valence electrons. The molecule has 1 aromatic rings. The first-order valence-corrected chi connectivity index (χ1v) is 9.20. The molecule has 0 radical (unpaired) electrons. The van der Waals surface area contributed by atoms with Crippen molar-refractivity contribution in [2.24, 2.45) is 5.92 Å². The summed E-state index contributed by atoms with van der Waals surface area (Å²) in [5.74, 6) is 1.67. The highest BCUT2D eigenvalue weighted by molar-refractivity contribution is 7.98. The van der Waals surface area contributed by atoms with E-state index < -0.39 is 0 Å². The third kappa shape index (κ3) is 3.09. The van der Waals surface area contributed by atoms with Gasteiger partial charge in [0.25, 0.3) is 5.91 Å². The standard InChI is InChI=1S/C16H20N2OS2/c1-21-10-9-13-15(19)18(16(20)17-13)14(12-7-8-12)11-5-3-2-4-6-11/h2-6,12-14H,7-10H2,1H3,(H,17,20)/t13-,14-/m0/s1. The Morgan fingerprint density at radius 1 is 1.38 bits per heavy atom. The normalized spacial score (nSPS) is 23.3. The Kier molecular flexibility index (Phi) is 4.50. The monoisotopic (exact) mass is 320 g/mol. The lowest BCUT2D eigenvalue weighted by molar-refractivity contribution is -0.129. The minimum absolute atomic E-state index is 0.109. The van der Waals surface area contributed by atoms with Crippen LogP contribution in [0.4, 0.5) is 0 Å². The van der Waals surface area contributed by atoms with Crippen molar-refractivity contribution in [3.05, 3.63) is 35.9 Å². The number of hydrogen-bond acceptors (Lipinski definition) is 3. The molecule has 0 aromatic heterocycles. The molecular weight excluding hydrogens is 300 g/mol. The van der Waals surface area contributed by atoms with Gasteiger partial charge in [-0.15, -0.1) is 0 Å². The molecule has 3 rings (SSSR count). The minimum atomic E-state index is -0.144. The lowest BCUT2D eigenvalue weighted by Crippen LogP contribution is -2.36. The average molecular weight is 320 g/mol. The molecule has 1 amide bonds. The molecule has 1 aliphatic carbocycles. The quantitative estimate of drug-likeness (QED) is 0.817. The van der Waals surface area contributed by atoms with Crippen molar-refractivity contribution in [1.82, 2.24) is 10.2 Å². The van der Waals surface area contributed by atoms with E-state index >= 15 is 0 Å². The highest BCUT2D eigenvalue weighted by Crippen LogP contribution is 2.45. The van der Waals surface area contributed by atoms with Crippen molar-refractivity contribution in [3.63, 3.8) is 0 Å². The van der Waals surface area contributed by atoms with E-state index in [2.05, 4.69) is 23.7 Å². The van der Waals surface area contributed by atoms with Crippen LogP contribution in [0.2, 0.25) is 0 Å². The predicted molar refractivity (Wildman–Crippen MR) is 91.3 cm³/mol. The third-order valence-electron chi connectivity index (χ3n) is 4.15. The van der Waals surface area contributed by atoms with Crippen LogP contribution in [0.1, 0.15) is 30.9 Å². The number of benzene rings is 1. The van der Waals surface area contributed by atoms with Gasteiger partial charge in [0.2, 0.25) is 0 Å². The Bertz CT molecular complexity index is 530. The molecule has 1 aliphatic heterocycles. The van der Waals surface area contributed by atoms with Gasteiger partial charge in [-0.1, -0.05) is 30.3 Å². The van der Waals surface area contributed by atoms with Crippen LogP contribution in [0, 0.1) is 5.92 Å². The molecule has 1 saturated heterocycles. The third-order valence-corrected chi connectivity index (χ3v) is 5.11. The molecule has 1 aromatic carbocycles. The van der Waals surface area contributed by atoms with Gasteiger partial charge in [-0.2, -0.15) is 11.8 Å². The van der Waals surface area contributed by atoms with Crippen LogP contribution in [-0.4, -0.2) is 34.0 Å². The Morgan fingerprint density at radius 3 is 2.71 bits per heavy atom. The smallest absolute Gasteiger partial charge is 0.251 e. The Morgan fingerprint density at radius 2 is 2.10 bits per heavy atom. The highest BCUT2D eigenvalue weighted by Gasteiger charge is 2.45. The summed E-state index contributed by atoms with van der Waals surface area (Å²) in [5.41, 5.74) is 1.20. The molecule has 2 atom stereocenters. The lowest BCUT2D eigenvalue weighted by Gasteiger charge is -2.27. The summed E-state index contributed by atoms with van der Waals surface area (Å²) in [7, 11) is 0. The zero-order chi connectivity index (χ0) is 14.8. The number of rotatable bonds is 6. The van der Waals surface area contributed by atoms with Crippen LogP contribution in [0.3, 0.4) is 0 Å². The zero-order valence-electron chi connectivity index (χ0n) is 12.1. The van der Waals surface area contributed by atoms with Gasteiger partial charge in [0.15, 0.2) is 5.11 Å². The Labute approximate surface area is 135 Å². The molecule has 2 fully saturated rings. The maximum absolute atomic E-state index is 12.7. The predicted octanol–water partition coefficient (Wildman–Crippen LogP) is 2.98. The number of hydrogen-bond donors (Lipinski definition) is 1. The second-order valence-electron chi connectivity index (χ2n) is 5.68. The summed E-state index contributed by atoms with van der Waals surface area (Å²) in [6.45, 7) is 0. The number of carbonyl (C=O) groups excluding carboxylic acids is 1. The maximum atomic E-state index is 12.7. The second kappa shape index (κ2) is 6.36. The first-order chi connectivity index (χ1) is 10.2. The van der Waals surface area contributed by atoms with Crippen molar-refractivity contribution < 1.29 is 4.79 Å². The van der Waals surface area contributed by atoms with Crippen LogP contribution in [0.15, 0.2) is 30.3 Å². The number of thiocarbonyl (C=S) groups is 1. The van der Waals surface area contributed by atoms with Gasteiger partial charge in [0, 0.05) is 0 Å². The molecule has 21 heavy (non-hydrogen) atoms. The van der Waals surface area contributed by atoms with Crippen LogP contribution >= 0.6 is 24.0 Å². The van der Waals surface area contributed by atoms with Gasteiger partial charge < -0.3 is 5.32 Å². The number of nitrogens with one attached hydrogen (secondary N) is 1. The van der Waals surface area contributed by atoms with Crippen molar-refractivity contribution in [2.75, 3.05) is 12.0 Å². The van der Waals surface area contributed by atoms with Gasteiger partial charge in [-0.05, 0) is 55.0 Å². The summed E-state index contributed by atoms with van der Waals surface area (Å²) in [6, 6.07) is 10.3. The van der Waals surface area contributed by atoms with Gasteiger partial charge in [-0.25, -0.2) is 0 Å². The second-order valence-corrected chi connectivity index (χ2v) is 7.06. The van der Waals surface area contributed by atoms with Crippen molar-refractivity contribution >= 4 is 35.0 Å². The van der Waals surface area contributed by atoms with Crippen molar-refractivity contribution in [2.45, 2.75) is 31.3 Å². The van der Waals surface area contributed by atoms with Crippen LogP contribution < -0.4 is 5.32 Å². The Balaban J connectivity index is 1.83. The number of nitrogens with zero attached hydrogens (tertiary/aromatic N) is 1. The van der Waals surface area contributed by atoms with Gasteiger partial charge >= 0.3 is 0 Å². The fourth-order valence-electron chi connectivity index (χ4n) is 2.94. The average Bonchev–Trinajstić information content (AvgIpc) is 3.29. The fraction of sp³-hybridized carbons (Fsp3) is 0.500. The van der Waals surface area contributed by atoms with E-state index in [1.165, 1.54) is 18.4 Å². The largest absolute Gasteiger partial charge is 0.350 e. The van der Waals surface area contributed by atoms with Crippen LogP contribution in [0.25, 0.3) is 0 Å². The Hall–Kier alpha value is -1.07. The molecule has 2 aliphatic rings. The zero-order valence-corrected chi connectivity index (χ0v) is 13.8. The molecule has 1 N–H and O–H groups in total. The maximum Gasteiger partial charge on any atom is 0.251 e. The molecule has 0 spiro atoms. The van der Waals surface area contributed by atoms with Crippen LogP contribution in [0.5, 0.6) is 0 Å². The molecule has 1 saturated carbocycles. The van der Waals surface area contributed by atoms with Crippen molar-refractivity contribution in [1.29, 1.82) is 0 Å². The van der Waals surface area contributed by atoms with Crippen LogP contribution in [-0.2, 0) is 4.79 Å². The number of amides is 1. The van der Waals surface area contributed by atoms with E-state index in [0.717, 1.165) is 12.2 Å². The SMILES string of the molecule is CSCC[C@@H]1NC(=S)N([C@@H](c2ccccc2)C2CC2)C1=O. The summed E-state index contributed by atoms with van der Waals surface area (Å²) in [5, 5.41) is 3.82. The molecule has 5 heteroatoms. The molecule has 0 bridgehead atoms. The topological polar surface area (TPSA) is 32.3 Å². The highest BCUT2D eigenvalue weighted by atomic mass is 32.2. The minimum Gasteiger partial charge on any atom is -0.350 e.